The lowest BCUT2D eigenvalue weighted by atomic mass is 9.90. The van der Waals surface area contributed by atoms with Crippen molar-refractivity contribution in [3.05, 3.63) is 57.9 Å². The maximum Gasteiger partial charge on any atom is 0.263 e. The van der Waals surface area contributed by atoms with Crippen LogP contribution in [0.4, 0.5) is 0 Å². The Bertz CT molecular complexity index is 1050. The predicted molar refractivity (Wildman–Crippen MR) is 108 cm³/mol. The van der Waals surface area contributed by atoms with Gasteiger partial charge in [-0.15, -0.1) is 11.3 Å². The Hall–Kier alpha value is -1.85. The highest BCUT2D eigenvalue weighted by atomic mass is 32.2. The third-order valence-electron chi connectivity index (χ3n) is 4.48. The molecule has 4 rings (SSSR count). The SMILES string of the molecule is C=C(C)Cn1c(SCC)nc2sc3c(c2c1=O)CCc1ccccc1-3. The van der Waals surface area contributed by atoms with Crippen molar-refractivity contribution in [3.8, 4) is 10.4 Å². The third kappa shape index (κ3) is 2.75. The highest BCUT2D eigenvalue weighted by Gasteiger charge is 2.25. The number of rotatable bonds is 4. The standard InChI is InChI=1S/C20H20N2OS2/c1-4-24-20-21-18-16(19(23)22(20)11-12(2)3)15-10-9-13-7-5-6-8-14(13)17(15)25-18/h5-8H,2,4,9-11H2,1,3H3. The minimum absolute atomic E-state index is 0.0841. The van der Waals surface area contributed by atoms with Gasteiger partial charge in [0.15, 0.2) is 5.16 Å². The zero-order chi connectivity index (χ0) is 17.6. The lowest BCUT2D eigenvalue weighted by Crippen LogP contribution is -2.24. The lowest BCUT2D eigenvalue weighted by molar-refractivity contribution is 0.652. The summed E-state index contributed by atoms with van der Waals surface area (Å²) in [6.45, 7) is 8.56. The first kappa shape index (κ1) is 16.6. The molecule has 0 fully saturated rings. The number of hydrogen-bond donors (Lipinski definition) is 0. The average Bonchev–Trinajstić information content (AvgIpc) is 2.97. The van der Waals surface area contributed by atoms with Crippen LogP contribution >= 0.6 is 23.1 Å². The van der Waals surface area contributed by atoms with Crippen molar-refractivity contribution in [2.75, 3.05) is 5.75 Å². The summed E-state index contributed by atoms with van der Waals surface area (Å²) in [4.78, 5) is 20.2. The van der Waals surface area contributed by atoms with Gasteiger partial charge in [-0.3, -0.25) is 9.36 Å². The Balaban J connectivity index is 2.01. The first-order valence-electron chi connectivity index (χ1n) is 8.51. The summed E-state index contributed by atoms with van der Waals surface area (Å²) in [6, 6.07) is 8.51. The van der Waals surface area contributed by atoms with Crippen LogP contribution in [0.15, 0.2) is 46.4 Å². The van der Waals surface area contributed by atoms with Gasteiger partial charge in [0.1, 0.15) is 4.83 Å². The monoisotopic (exact) mass is 368 g/mol. The van der Waals surface area contributed by atoms with Gasteiger partial charge in [0, 0.05) is 11.4 Å². The van der Waals surface area contributed by atoms with Crippen LogP contribution in [-0.4, -0.2) is 15.3 Å². The molecule has 0 spiro atoms. The fourth-order valence-electron chi connectivity index (χ4n) is 3.44. The fraction of sp³-hybridized carbons (Fsp3) is 0.300. The lowest BCUT2D eigenvalue weighted by Gasteiger charge is -2.16. The summed E-state index contributed by atoms with van der Waals surface area (Å²) in [5.41, 5.74) is 4.87. The van der Waals surface area contributed by atoms with Crippen molar-refractivity contribution in [3.63, 3.8) is 0 Å². The molecule has 0 unspecified atom stereocenters. The van der Waals surface area contributed by atoms with Crippen molar-refractivity contribution < 1.29 is 0 Å². The molecule has 2 heterocycles. The maximum absolute atomic E-state index is 13.3. The van der Waals surface area contributed by atoms with Crippen LogP contribution in [0, 0.1) is 0 Å². The van der Waals surface area contributed by atoms with Gasteiger partial charge in [-0.25, -0.2) is 4.98 Å². The van der Waals surface area contributed by atoms with E-state index in [1.54, 1.807) is 27.7 Å². The molecule has 2 aromatic heterocycles. The number of hydrogen-bond acceptors (Lipinski definition) is 4. The molecule has 0 N–H and O–H groups in total. The van der Waals surface area contributed by atoms with Crippen molar-refractivity contribution in [2.24, 2.45) is 0 Å². The van der Waals surface area contributed by atoms with E-state index in [1.807, 2.05) is 6.92 Å². The Kier molecular flexibility index (Phi) is 4.29. The number of thioether (sulfide) groups is 1. The van der Waals surface area contributed by atoms with E-state index >= 15 is 0 Å². The molecule has 0 amide bonds. The molecule has 0 bridgehead atoms. The quantitative estimate of drug-likeness (QED) is 0.373. The molecule has 1 aliphatic carbocycles. The average molecular weight is 369 g/mol. The van der Waals surface area contributed by atoms with Gasteiger partial charge in [0.2, 0.25) is 0 Å². The normalized spacial score (nSPS) is 12.9. The van der Waals surface area contributed by atoms with Gasteiger partial charge >= 0.3 is 0 Å². The van der Waals surface area contributed by atoms with Crippen molar-refractivity contribution in [1.82, 2.24) is 9.55 Å². The highest BCUT2D eigenvalue weighted by molar-refractivity contribution is 7.99. The van der Waals surface area contributed by atoms with Crippen molar-refractivity contribution in [1.29, 1.82) is 0 Å². The third-order valence-corrected chi connectivity index (χ3v) is 6.50. The van der Waals surface area contributed by atoms with E-state index in [0.29, 0.717) is 6.54 Å². The molecule has 5 heteroatoms. The summed E-state index contributed by atoms with van der Waals surface area (Å²) in [5.74, 6) is 0.891. The molecule has 0 saturated heterocycles. The smallest absolute Gasteiger partial charge is 0.263 e. The summed E-state index contributed by atoms with van der Waals surface area (Å²) in [6.07, 6.45) is 1.90. The molecule has 0 atom stereocenters. The van der Waals surface area contributed by atoms with E-state index in [-0.39, 0.29) is 5.56 Å². The molecule has 128 valence electrons. The second-order valence-corrected chi connectivity index (χ2v) is 8.65. The Morgan fingerprint density at radius 3 is 2.92 bits per heavy atom. The molecule has 1 aliphatic rings. The number of aryl methyl sites for hydroxylation is 2. The Labute approximate surface area is 155 Å². The van der Waals surface area contributed by atoms with Crippen LogP contribution < -0.4 is 5.56 Å². The van der Waals surface area contributed by atoms with Gasteiger partial charge in [0.25, 0.3) is 5.56 Å². The van der Waals surface area contributed by atoms with Gasteiger partial charge in [-0.1, -0.05) is 55.1 Å². The molecule has 0 saturated carbocycles. The first-order valence-corrected chi connectivity index (χ1v) is 10.3. The number of aromatic nitrogens is 2. The number of nitrogens with zero attached hydrogens (tertiary/aromatic N) is 2. The van der Waals surface area contributed by atoms with E-state index in [9.17, 15) is 4.79 Å². The summed E-state index contributed by atoms with van der Waals surface area (Å²) < 4.78 is 1.80. The molecular weight excluding hydrogens is 348 g/mol. The second-order valence-electron chi connectivity index (χ2n) is 6.42. The number of benzene rings is 1. The molecule has 0 radical (unpaired) electrons. The second kappa shape index (κ2) is 6.46. The highest BCUT2D eigenvalue weighted by Crippen LogP contribution is 2.42. The summed E-state index contributed by atoms with van der Waals surface area (Å²) >= 11 is 3.29. The molecule has 3 nitrogen and oxygen atoms in total. The van der Waals surface area contributed by atoms with Gasteiger partial charge < -0.3 is 0 Å². The van der Waals surface area contributed by atoms with Crippen LogP contribution in [-0.2, 0) is 19.4 Å². The largest absolute Gasteiger partial charge is 0.283 e. The van der Waals surface area contributed by atoms with E-state index < -0.39 is 0 Å². The van der Waals surface area contributed by atoms with Crippen LogP contribution in [0.5, 0.6) is 0 Å². The zero-order valence-corrected chi connectivity index (χ0v) is 16.1. The molecule has 25 heavy (non-hydrogen) atoms. The van der Waals surface area contributed by atoms with E-state index in [1.165, 1.54) is 21.6 Å². The zero-order valence-electron chi connectivity index (χ0n) is 14.5. The summed E-state index contributed by atoms with van der Waals surface area (Å²) in [7, 11) is 0. The Morgan fingerprint density at radius 2 is 2.16 bits per heavy atom. The first-order chi connectivity index (χ1) is 12.1. The van der Waals surface area contributed by atoms with Gasteiger partial charge in [-0.05, 0) is 42.2 Å². The molecule has 3 aromatic rings. The van der Waals surface area contributed by atoms with Crippen molar-refractivity contribution >= 4 is 33.3 Å². The topological polar surface area (TPSA) is 34.9 Å². The number of thiophene rings is 1. The maximum atomic E-state index is 13.3. The summed E-state index contributed by atoms with van der Waals surface area (Å²) in [5, 5.41) is 1.62. The molecular formula is C20H20N2OS2. The molecule has 1 aromatic carbocycles. The van der Waals surface area contributed by atoms with Crippen molar-refractivity contribution in [2.45, 2.75) is 38.4 Å². The number of allylic oxidation sites excluding steroid dienone is 1. The fourth-order valence-corrected chi connectivity index (χ4v) is 5.49. The van der Waals surface area contributed by atoms with Gasteiger partial charge in [0.05, 0.1) is 5.39 Å². The van der Waals surface area contributed by atoms with Crippen LogP contribution in [0.2, 0.25) is 0 Å². The van der Waals surface area contributed by atoms with E-state index in [2.05, 4.69) is 37.8 Å². The van der Waals surface area contributed by atoms with E-state index in [0.717, 1.165) is 39.5 Å². The Morgan fingerprint density at radius 1 is 1.36 bits per heavy atom. The molecule has 0 aliphatic heterocycles. The minimum atomic E-state index is 0.0841. The van der Waals surface area contributed by atoms with Crippen LogP contribution in [0.3, 0.4) is 0 Å². The van der Waals surface area contributed by atoms with Crippen LogP contribution in [0.1, 0.15) is 25.0 Å². The number of fused-ring (bicyclic) bond motifs is 5. The van der Waals surface area contributed by atoms with Gasteiger partial charge in [-0.2, -0.15) is 0 Å². The van der Waals surface area contributed by atoms with Crippen LogP contribution in [0.25, 0.3) is 20.7 Å². The van der Waals surface area contributed by atoms with E-state index in [4.69, 9.17) is 4.98 Å². The predicted octanol–water partition coefficient (Wildman–Crippen LogP) is 4.91. The minimum Gasteiger partial charge on any atom is -0.283 e.